The zero-order valence-corrected chi connectivity index (χ0v) is 10.1. The zero-order valence-electron chi connectivity index (χ0n) is 9.33. The first-order chi connectivity index (χ1) is 8.11. The van der Waals surface area contributed by atoms with E-state index in [1.807, 2.05) is 0 Å². The minimum atomic E-state index is -0.510. The van der Waals surface area contributed by atoms with Gasteiger partial charge in [-0.1, -0.05) is 11.6 Å². The fraction of sp³-hybridized carbons (Fsp3) is 0.417. The lowest BCUT2D eigenvalue weighted by molar-refractivity contribution is 0.0787. The van der Waals surface area contributed by atoms with Crippen molar-refractivity contribution in [1.29, 1.82) is 0 Å². The molecule has 1 saturated heterocycles. The number of rotatable bonds is 2. The zero-order chi connectivity index (χ0) is 12.4. The van der Waals surface area contributed by atoms with E-state index in [4.69, 9.17) is 17.3 Å². The second-order valence-electron chi connectivity index (χ2n) is 4.27. The van der Waals surface area contributed by atoms with Gasteiger partial charge >= 0.3 is 0 Å². The van der Waals surface area contributed by atoms with Gasteiger partial charge in [-0.05, 0) is 37.1 Å². The van der Waals surface area contributed by atoms with Gasteiger partial charge in [-0.15, -0.1) is 0 Å². The van der Waals surface area contributed by atoms with Crippen LogP contribution in [0.1, 0.15) is 16.8 Å². The molecule has 5 heteroatoms. The number of halogens is 2. The Kier molecular flexibility index (Phi) is 3.64. The Hall–Kier alpha value is -1.13. The van der Waals surface area contributed by atoms with E-state index in [0.717, 1.165) is 6.42 Å². The third kappa shape index (κ3) is 2.58. The molecule has 0 saturated carbocycles. The highest BCUT2D eigenvalue weighted by Gasteiger charge is 2.26. The third-order valence-corrected chi connectivity index (χ3v) is 3.36. The Morgan fingerprint density at radius 1 is 1.59 bits per heavy atom. The smallest absolute Gasteiger partial charge is 0.253 e. The van der Waals surface area contributed by atoms with Crippen molar-refractivity contribution in [3.8, 4) is 0 Å². The van der Waals surface area contributed by atoms with E-state index in [0.29, 0.717) is 31.1 Å². The summed E-state index contributed by atoms with van der Waals surface area (Å²) in [5.74, 6) is -0.248. The van der Waals surface area contributed by atoms with Crippen LogP contribution in [0, 0.1) is 11.7 Å². The topological polar surface area (TPSA) is 46.3 Å². The molecule has 0 bridgehead atoms. The summed E-state index contributed by atoms with van der Waals surface area (Å²) in [7, 11) is 0. The van der Waals surface area contributed by atoms with Crippen molar-refractivity contribution in [2.24, 2.45) is 11.7 Å². The summed E-state index contributed by atoms with van der Waals surface area (Å²) in [5.41, 5.74) is 6.00. The quantitative estimate of drug-likeness (QED) is 0.879. The van der Waals surface area contributed by atoms with Crippen molar-refractivity contribution >= 4 is 17.5 Å². The first-order valence-electron chi connectivity index (χ1n) is 5.56. The summed E-state index contributed by atoms with van der Waals surface area (Å²) in [6.45, 7) is 1.97. The highest BCUT2D eigenvalue weighted by Crippen LogP contribution is 2.21. The number of nitrogens with zero attached hydrogens (tertiary/aromatic N) is 1. The summed E-state index contributed by atoms with van der Waals surface area (Å²) < 4.78 is 13.0. The molecule has 0 aliphatic carbocycles. The Morgan fingerprint density at radius 3 is 2.94 bits per heavy atom. The number of likely N-dealkylation sites (tertiary alicyclic amines) is 1. The van der Waals surface area contributed by atoms with E-state index in [9.17, 15) is 9.18 Å². The maximum absolute atomic E-state index is 13.0. The Labute approximate surface area is 104 Å². The maximum Gasteiger partial charge on any atom is 0.253 e. The monoisotopic (exact) mass is 256 g/mol. The average molecular weight is 257 g/mol. The third-order valence-electron chi connectivity index (χ3n) is 3.07. The molecule has 1 unspecified atom stereocenters. The normalized spacial score (nSPS) is 19.7. The highest BCUT2D eigenvalue weighted by atomic mass is 35.5. The van der Waals surface area contributed by atoms with E-state index < -0.39 is 5.82 Å². The molecule has 2 rings (SSSR count). The maximum atomic E-state index is 13.0. The Morgan fingerprint density at radius 2 is 2.35 bits per heavy atom. The molecule has 1 heterocycles. The number of nitrogens with two attached hydrogens (primary N) is 1. The summed E-state index contributed by atoms with van der Waals surface area (Å²) in [6.07, 6.45) is 0.928. The van der Waals surface area contributed by atoms with Gasteiger partial charge in [-0.3, -0.25) is 4.79 Å². The fourth-order valence-corrected chi connectivity index (χ4v) is 2.20. The van der Waals surface area contributed by atoms with Gasteiger partial charge in [-0.25, -0.2) is 4.39 Å². The van der Waals surface area contributed by atoms with Crippen molar-refractivity contribution < 1.29 is 9.18 Å². The number of hydrogen-bond acceptors (Lipinski definition) is 2. The standard InChI is InChI=1S/C12H14ClFN2O/c13-10-5-9(1-2-11(10)14)12(17)16-4-3-8(6-15)7-16/h1-2,5,8H,3-4,6-7,15H2. The Balaban J connectivity index is 2.12. The molecule has 2 N–H and O–H groups in total. The minimum Gasteiger partial charge on any atom is -0.338 e. The first-order valence-corrected chi connectivity index (χ1v) is 5.94. The lowest BCUT2D eigenvalue weighted by Crippen LogP contribution is -2.29. The molecule has 1 aromatic rings. The molecule has 1 atom stereocenters. The van der Waals surface area contributed by atoms with Gasteiger partial charge in [0.2, 0.25) is 0 Å². The molecule has 1 aromatic carbocycles. The number of amides is 1. The van der Waals surface area contributed by atoms with Crippen LogP contribution in [-0.4, -0.2) is 30.4 Å². The van der Waals surface area contributed by atoms with Crippen LogP contribution in [0.3, 0.4) is 0 Å². The predicted octanol–water partition coefficient (Wildman–Crippen LogP) is 1.90. The largest absolute Gasteiger partial charge is 0.338 e. The molecule has 1 aliphatic rings. The highest BCUT2D eigenvalue weighted by molar-refractivity contribution is 6.31. The van der Waals surface area contributed by atoms with E-state index in [1.165, 1.54) is 18.2 Å². The van der Waals surface area contributed by atoms with Gasteiger partial charge in [0.25, 0.3) is 5.91 Å². The number of benzene rings is 1. The van der Waals surface area contributed by atoms with Crippen LogP contribution in [0.15, 0.2) is 18.2 Å². The van der Waals surface area contributed by atoms with E-state index in [2.05, 4.69) is 0 Å². The first kappa shape index (κ1) is 12.3. The van der Waals surface area contributed by atoms with Gasteiger partial charge < -0.3 is 10.6 Å². The second kappa shape index (κ2) is 5.02. The van der Waals surface area contributed by atoms with Gasteiger partial charge in [0, 0.05) is 18.7 Å². The molecule has 0 spiro atoms. The van der Waals surface area contributed by atoms with Gasteiger partial charge in [0.05, 0.1) is 5.02 Å². The van der Waals surface area contributed by atoms with Crippen molar-refractivity contribution in [3.63, 3.8) is 0 Å². The number of carbonyl (C=O) groups is 1. The molecular weight excluding hydrogens is 243 g/mol. The van der Waals surface area contributed by atoms with Crippen LogP contribution in [0.2, 0.25) is 5.02 Å². The van der Waals surface area contributed by atoms with Crippen LogP contribution in [0.4, 0.5) is 4.39 Å². The van der Waals surface area contributed by atoms with Gasteiger partial charge in [0.15, 0.2) is 0 Å². The molecule has 1 amide bonds. The summed E-state index contributed by atoms with van der Waals surface area (Å²) in [4.78, 5) is 13.8. The van der Waals surface area contributed by atoms with Gasteiger partial charge in [0.1, 0.15) is 5.82 Å². The van der Waals surface area contributed by atoms with Crippen LogP contribution in [0.5, 0.6) is 0 Å². The van der Waals surface area contributed by atoms with E-state index >= 15 is 0 Å². The molecule has 1 fully saturated rings. The second-order valence-corrected chi connectivity index (χ2v) is 4.68. The predicted molar refractivity (Wildman–Crippen MR) is 64.5 cm³/mol. The lowest BCUT2D eigenvalue weighted by atomic mass is 10.1. The van der Waals surface area contributed by atoms with Crippen molar-refractivity contribution in [3.05, 3.63) is 34.6 Å². The lowest BCUT2D eigenvalue weighted by Gasteiger charge is -2.16. The van der Waals surface area contributed by atoms with Crippen molar-refractivity contribution in [2.45, 2.75) is 6.42 Å². The van der Waals surface area contributed by atoms with Crippen molar-refractivity contribution in [1.82, 2.24) is 4.90 Å². The van der Waals surface area contributed by atoms with E-state index in [1.54, 1.807) is 4.90 Å². The minimum absolute atomic E-state index is 0.0228. The van der Waals surface area contributed by atoms with Crippen LogP contribution in [0.25, 0.3) is 0 Å². The fourth-order valence-electron chi connectivity index (χ4n) is 2.02. The number of hydrogen-bond donors (Lipinski definition) is 1. The molecule has 92 valence electrons. The summed E-state index contributed by atoms with van der Waals surface area (Å²) in [5, 5.41) is -0.0228. The van der Waals surface area contributed by atoms with E-state index in [-0.39, 0.29) is 10.9 Å². The average Bonchev–Trinajstić information content (AvgIpc) is 2.80. The van der Waals surface area contributed by atoms with Crippen LogP contribution in [-0.2, 0) is 0 Å². The Bertz CT molecular complexity index is 439. The van der Waals surface area contributed by atoms with Crippen LogP contribution < -0.4 is 5.73 Å². The molecule has 0 aromatic heterocycles. The molecule has 17 heavy (non-hydrogen) atoms. The van der Waals surface area contributed by atoms with Gasteiger partial charge in [-0.2, -0.15) is 0 Å². The number of carbonyl (C=O) groups excluding carboxylic acids is 1. The molecule has 0 radical (unpaired) electrons. The SMILES string of the molecule is NCC1CCN(C(=O)c2ccc(F)c(Cl)c2)C1. The van der Waals surface area contributed by atoms with Crippen molar-refractivity contribution in [2.75, 3.05) is 19.6 Å². The summed E-state index contributed by atoms with van der Waals surface area (Å²) >= 11 is 5.65. The molecule has 3 nitrogen and oxygen atoms in total. The van der Waals surface area contributed by atoms with Crippen LogP contribution >= 0.6 is 11.6 Å². The molecule has 1 aliphatic heterocycles. The summed E-state index contributed by atoms with van der Waals surface area (Å²) in [6, 6.07) is 4.04. The molecular formula is C12H14ClFN2O.